The van der Waals surface area contributed by atoms with Gasteiger partial charge < -0.3 is 10.7 Å². The normalized spacial score (nSPS) is 12.2. The van der Waals surface area contributed by atoms with Crippen molar-refractivity contribution in [1.29, 1.82) is 0 Å². The number of aromatic nitrogens is 3. The van der Waals surface area contributed by atoms with E-state index in [-0.39, 0.29) is 5.41 Å². The average Bonchev–Trinajstić information content (AvgIpc) is 2.41. The van der Waals surface area contributed by atoms with Gasteiger partial charge in [-0.15, -0.1) is 0 Å². The van der Waals surface area contributed by atoms with Crippen molar-refractivity contribution in [2.24, 2.45) is 0 Å². The molecular weight excluding hydrogens is 176 g/mol. The molecule has 2 rings (SSSR count). The molecule has 0 saturated heterocycles. The predicted molar refractivity (Wildman–Crippen MR) is 57.0 cm³/mol. The van der Waals surface area contributed by atoms with Gasteiger partial charge in [-0.3, -0.25) is 0 Å². The molecule has 4 heteroatoms. The van der Waals surface area contributed by atoms with Crippen molar-refractivity contribution in [3.8, 4) is 0 Å². The summed E-state index contributed by atoms with van der Waals surface area (Å²) in [5.74, 6) is 0.415. The topological polar surface area (TPSA) is 67.6 Å². The van der Waals surface area contributed by atoms with Crippen LogP contribution in [0, 0.1) is 0 Å². The minimum Gasteiger partial charge on any atom is -0.369 e. The maximum absolute atomic E-state index is 5.54. The minimum absolute atomic E-state index is 0.0497. The predicted octanol–water partition coefficient (Wildman–Crippen LogP) is 1.84. The van der Waals surface area contributed by atoms with Gasteiger partial charge in [0.25, 0.3) is 0 Å². The van der Waals surface area contributed by atoms with Gasteiger partial charge >= 0.3 is 0 Å². The Labute approximate surface area is 82.6 Å². The fourth-order valence-electron chi connectivity index (χ4n) is 1.33. The van der Waals surface area contributed by atoms with E-state index in [0.29, 0.717) is 5.95 Å². The first-order chi connectivity index (χ1) is 6.47. The number of H-pyrrole nitrogens is 1. The molecule has 14 heavy (non-hydrogen) atoms. The van der Waals surface area contributed by atoms with Crippen LogP contribution >= 0.6 is 0 Å². The van der Waals surface area contributed by atoms with Crippen LogP contribution in [0.5, 0.6) is 0 Å². The molecule has 0 unspecified atom stereocenters. The number of fused-ring (bicyclic) bond motifs is 1. The summed E-state index contributed by atoms with van der Waals surface area (Å²) < 4.78 is 0. The zero-order chi connectivity index (χ0) is 10.3. The molecule has 0 bridgehead atoms. The first-order valence-corrected chi connectivity index (χ1v) is 4.59. The molecule has 2 aromatic heterocycles. The number of hydrogen-bond acceptors (Lipinski definition) is 3. The Morgan fingerprint density at radius 2 is 1.93 bits per heavy atom. The molecule has 2 aromatic rings. The number of nitrogens with one attached hydrogen (secondary N) is 1. The van der Waals surface area contributed by atoms with Gasteiger partial charge in [0.2, 0.25) is 0 Å². The summed E-state index contributed by atoms with van der Waals surface area (Å²) in [7, 11) is 0. The van der Waals surface area contributed by atoms with Crippen LogP contribution in [-0.2, 0) is 5.41 Å². The van der Waals surface area contributed by atoms with E-state index in [4.69, 9.17) is 5.73 Å². The number of hydrogen-bond donors (Lipinski definition) is 2. The second kappa shape index (κ2) is 2.70. The number of aromatic amines is 1. The molecule has 0 radical (unpaired) electrons. The lowest BCUT2D eigenvalue weighted by Crippen LogP contribution is -2.13. The number of nitrogen functional groups attached to an aromatic ring is 1. The SMILES string of the molecule is CC(C)(C)c1ccc2nc(N)[nH]c2n1. The highest BCUT2D eigenvalue weighted by atomic mass is 15.1. The van der Waals surface area contributed by atoms with Gasteiger partial charge in [0.05, 0.1) is 0 Å². The molecule has 0 aliphatic heterocycles. The number of rotatable bonds is 0. The number of pyridine rings is 1. The van der Waals surface area contributed by atoms with Gasteiger partial charge in [-0.1, -0.05) is 20.8 Å². The maximum atomic E-state index is 5.54. The van der Waals surface area contributed by atoms with Gasteiger partial charge in [-0.2, -0.15) is 0 Å². The van der Waals surface area contributed by atoms with Gasteiger partial charge in [-0.05, 0) is 12.1 Å². The second-order valence-electron chi connectivity index (χ2n) is 4.44. The molecule has 0 spiro atoms. The highest BCUT2D eigenvalue weighted by molar-refractivity contribution is 5.73. The zero-order valence-electron chi connectivity index (χ0n) is 8.63. The zero-order valence-corrected chi connectivity index (χ0v) is 8.63. The van der Waals surface area contributed by atoms with E-state index in [1.54, 1.807) is 0 Å². The van der Waals surface area contributed by atoms with Crippen molar-refractivity contribution in [1.82, 2.24) is 15.0 Å². The maximum Gasteiger partial charge on any atom is 0.199 e. The summed E-state index contributed by atoms with van der Waals surface area (Å²) in [6.45, 7) is 6.38. The van der Waals surface area contributed by atoms with Gasteiger partial charge in [0.1, 0.15) is 5.52 Å². The summed E-state index contributed by atoms with van der Waals surface area (Å²) in [5, 5.41) is 0. The number of imidazole rings is 1. The lowest BCUT2D eigenvalue weighted by atomic mass is 9.92. The van der Waals surface area contributed by atoms with Crippen LogP contribution in [0.1, 0.15) is 26.5 Å². The van der Waals surface area contributed by atoms with Crippen LogP contribution in [0.2, 0.25) is 0 Å². The summed E-state index contributed by atoms with van der Waals surface area (Å²) in [4.78, 5) is 11.5. The van der Waals surface area contributed by atoms with Crippen LogP contribution < -0.4 is 5.73 Å². The Morgan fingerprint density at radius 3 is 2.57 bits per heavy atom. The standard InChI is InChI=1S/C10H14N4/c1-10(2,3)7-5-4-6-8(13-7)14-9(11)12-6/h4-5H,1-3H3,(H3,11,12,13,14). The number of nitrogens with zero attached hydrogens (tertiary/aromatic N) is 2. The van der Waals surface area contributed by atoms with Crippen LogP contribution in [-0.4, -0.2) is 15.0 Å². The molecule has 2 heterocycles. The molecule has 3 N–H and O–H groups in total. The van der Waals surface area contributed by atoms with E-state index >= 15 is 0 Å². The average molecular weight is 190 g/mol. The molecular formula is C10H14N4. The molecule has 0 saturated carbocycles. The van der Waals surface area contributed by atoms with Crippen molar-refractivity contribution in [3.05, 3.63) is 17.8 Å². The van der Waals surface area contributed by atoms with Crippen LogP contribution in [0.3, 0.4) is 0 Å². The molecule has 4 nitrogen and oxygen atoms in total. The third-order valence-corrected chi connectivity index (χ3v) is 2.13. The minimum atomic E-state index is 0.0497. The molecule has 0 atom stereocenters. The van der Waals surface area contributed by atoms with Gasteiger partial charge in [-0.25, -0.2) is 9.97 Å². The third kappa shape index (κ3) is 1.43. The fourth-order valence-corrected chi connectivity index (χ4v) is 1.33. The Kier molecular flexibility index (Phi) is 1.74. The fraction of sp³-hybridized carbons (Fsp3) is 0.400. The molecule has 0 fully saturated rings. The Morgan fingerprint density at radius 1 is 1.21 bits per heavy atom. The van der Waals surface area contributed by atoms with E-state index < -0.39 is 0 Å². The van der Waals surface area contributed by atoms with Crippen molar-refractivity contribution in [2.45, 2.75) is 26.2 Å². The van der Waals surface area contributed by atoms with Crippen molar-refractivity contribution < 1.29 is 0 Å². The van der Waals surface area contributed by atoms with Crippen LogP contribution in [0.15, 0.2) is 12.1 Å². The van der Waals surface area contributed by atoms with Crippen molar-refractivity contribution in [3.63, 3.8) is 0 Å². The van der Waals surface area contributed by atoms with Gasteiger partial charge in [0.15, 0.2) is 11.6 Å². The third-order valence-electron chi connectivity index (χ3n) is 2.13. The number of anilines is 1. The summed E-state index contributed by atoms with van der Waals surface area (Å²) in [5.41, 5.74) is 8.20. The summed E-state index contributed by atoms with van der Waals surface area (Å²) >= 11 is 0. The molecule has 74 valence electrons. The van der Waals surface area contributed by atoms with Crippen molar-refractivity contribution >= 4 is 17.1 Å². The van der Waals surface area contributed by atoms with E-state index in [1.807, 2.05) is 12.1 Å². The van der Waals surface area contributed by atoms with E-state index in [9.17, 15) is 0 Å². The van der Waals surface area contributed by atoms with Crippen molar-refractivity contribution in [2.75, 3.05) is 5.73 Å². The Balaban J connectivity index is 2.62. The largest absolute Gasteiger partial charge is 0.369 e. The number of nitrogens with two attached hydrogens (primary N) is 1. The molecule has 0 aliphatic carbocycles. The first kappa shape index (κ1) is 8.99. The Bertz CT molecular complexity index is 464. The van der Waals surface area contributed by atoms with Crippen LogP contribution in [0.4, 0.5) is 5.95 Å². The summed E-state index contributed by atoms with van der Waals surface area (Å²) in [6.07, 6.45) is 0. The second-order valence-corrected chi connectivity index (χ2v) is 4.44. The molecule has 0 aromatic carbocycles. The van der Waals surface area contributed by atoms with Gasteiger partial charge in [0, 0.05) is 11.1 Å². The highest BCUT2D eigenvalue weighted by Crippen LogP contribution is 2.22. The molecule has 0 aliphatic rings. The monoisotopic (exact) mass is 190 g/mol. The Hall–Kier alpha value is -1.58. The first-order valence-electron chi connectivity index (χ1n) is 4.59. The van der Waals surface area contributed by atoms with Crippen LogP contribution in [0.25, 0.3) is 11.2 Å². The molecule has 0 amide bonds. The smallest absolute Gasteiger partial charge is 0.199 e. The lowest BCUT2D eigenvalue weighted by molar-refractivity contribution is 0.571. The van der Waals surface area contributed by atoms with E-state index in [2.05, 4.69) is 35.7 Å². The van der Waals surface area contributed by atoms with E-state index in [1.165, 1.54) is 0 Å². The lowest BCUT2D eigenvalue weighted by Gasteiger charge is -2.16. The van der Waals surface area contributed by atoms with E-state index in [0.717, 1.165) is 16.9 Å². The summed E-state index contributed by atoms with van der Waals surface area (Å²) in [6, 6.07) is 3.93. The quantitative estimate of drug-likeness (QED) is 0.666. The highest BCUT2D eigenvalue weighted by Gasteiger charge is 2.16.